The molecule has 1 aliphatic heterocycles. The lowest BCUT2D eigenvalue weighted by atomic mass is 10.1. The molecule has 1 fully saturated rings. The van der Waals surface area contributed by atoms with Crippen LogP contribution in [0, 0.1) is 6.92 Å². The quantitative estimate of drug-likeness (QED) is 0.867. The summed E-state index contributed by atoms with van der Waals surface area (Å²) in [7, 11) is 0. The standard InChI is InChI=1S/C17H23N3O3/c1-3-18-17(23)13-7-8-14(12(2)10-13)19-15(21)11-20-9-5-4-6-16(20)22/h7-8,10H,3-6,9,11H2,1-2H3,(H,18,23)(H,19,21). The zero-order valence-corrected chi connectivity index (χ0v) is 13.6. The summed E-state index contributed by atoms with van der Waals surface area (Å²) in [6.45, 7) is 4.99. The Balaban J connectivity index is 1.98. The average Bonchev–Trinajstić information content (AvgIpc) is 2.52. The summed E-state index contributed by atoms with van der Waals surface area (Å²) in [5.41, 5.74) is 2.04. The van der Waals surface area contributed by atoms with Crippen LogP contribution in [0.1, 0.15) is 42.1 Å². The first-order valence-corrected chi connectivity index (χ1v) is 7.97. The van der Waals surface area contributed by atoms with Crippen molar-refractivity contribution in [3.63, 3.8) is 0 Å². The van der Waals surface area contributed by atoms with E-state index < -0.39 is 0 Å². The maximum Gasteiger partial charge on any atom is 0.251 e. The minimum atomic E-state index is -0.214. The van der Waals surface area contributed by atoms with E-state index in [0.29, 0.717) is 30.8 Å². The van der Waals surface area contributed by atoms with Crippen molar-refractivity contribution in [2.45, 2.75) is 33.1 Å². The Hall–Kier alpha value is -2.37. The van der Waals surface area contributed by atoms with E-state index in [9.17, 15) is 14.4 Å². The molecule has 6 heteroatoms. The lowest BCUT2D eigenvalue weighted by Gasteiger charge is -2.26. The highest BCUT2D eigenvalue weighted by Gasteiger charge is 2.20. The van der Waals surface area contributed by atoms with Crippen LogP contribution in [-0.4, -0.2) is 42.3 Å². The van der Waals surface area contributed by atoms with Crippen molar-refractivity contribution in [3.05, 3.63) is 29.3 Å². The fourth-order valence-electron chi connectivity index (χ4n) is 2.60. The van der Waals surface area contributed by atoms with Gasteiger partial charge in [-0.25, -0.2) is 0 Å². The molecule has 2 rings (SSSR count). The maximum atomic E-state index is 12.1. The molecule has 1 heterocycles. The van der Waals surface area contributed by atoms with Gasteiger partial charge in [0, 0.05) is 30.8 Å². The molecule has 1 aromatic rings. The number of piperidine rings is 1. The molecule has 1 aromatic carbocycles. The fraction of sp³-hybridized carbons (Fsp3) is 0.471. The summed E-state index contributed by atoms with van der Waals surface area (Å²) < 4.78 is 0. The van der Waals surface area contributed by atoms with E-state index in [1.807, 2.05) is 13.8 Å². The van der Waals surface area contributed by atoms with Crippen LogP contribution in [0.4, 0.5) is 5.69 Å². The first-order chi connectivity index (χ1) is 11.0. The molecule has 0 unspecified atom stereocenters. The van der Waals surface area contributed by atoms with Crippen LogP contribution >= 0.6 is 0 Å². The number of rotatable bonds is 5. The van der Waals surface area contributed by atoms with Gasteiger partial charge in [0.1, 0.15) is 0 Å². The highest BCUT2D eigenvalue weighted by molar-refractivity contribution is 5.97. The molecule has 0 bridgehead atoms. The number of aryl methyl sites for hydroxylation is 1. The van der Waals surface area contributed by atoms with E-state index in [1.54, 1.807) is 23.1 Å². The monoisotopic (exact) mass is 317 g/mol. The molecular formula is C17H23N3O3. The van der Waals surface area contributed by atoms with E-state index in [0.717, 1.165) is 18.4 Å². The maximum absolute atomic E-state index is 12.1. The van der Waals surface area contributed by atoms with Gasteiger partial charge in [-0.3, -0.25) is 14.4 Å². The molecule has 2 N–H and O–H groups in total. The summed E-state index contributed by atoms with van der Waals surface area (Å²) in [4.78, 5) is 37.2. The van der Waals surface area contributed by atoms with E-state index in [2.05, 4.69) is 10.6 Å². The third-order valence-corrected chi connectivity index (χ3v) is 3.86. The van der Waals surface area contributed by atoms with E-state index >= 15 is 0 Å². The zero-order chi connectivity index (χ0) is 16.8. The van der Waals surface area contributed by atoms with E-state index in [1.165, 1.54) is 0 Å². The predicted molar refractivity (Wildman–Crippen MR) is 88.2 cm³/mol. The summed E-state index contributed by atoms with van der Waals surface area (Å²) >= 11 is 0. The van der Waals surface area contributed by atoms with Gasteiger partial charge in [0.2, 0.25) is 11.8 Å². The minimum absolute atomic E-state index is 0.0368. The topological polar surface area (TPSA) is 78.5 Å². The highest BCUT2D eigenvalue weighted by Crippen LogP contribution is 2.17. The smallest absolute Gasteiger partial charge is 0.251 e. The van der Waals surface area contributed by atoms with Gasteiger partial charge in [0.25, 0.3) is 5.91 Å². The van der Waals surface area contributed by atoms with Gasteiger partial charge in [-0.1, -0.05) is 0 Å². The molecule has 1 aliphatic rings. The minimum Gasteiger partial charge on any atom is -0.352 e. The number of likely N-dealkylation sites (tertiary alicyclic amines) is 1. The summed E-state index contributed by atoms with van der Waals surface area (Å²) in [6.07, 6.45) is 2.37. The molecule has 0 atom stereocenters. The number of hydrogen-bond donors (Lipinski definition) is 2. The fourth-order valence-corrected chi connectivity index (χ4v) is 2.60. The second-order valence-electron chi connectivity index (χ2n) is 5.71. The van der Waals surface area contributed by atoms with Gasteiger partial charge in [-0.2, -0.15) is 0 Å². The summed E-state index contributed by atoms with van der Waals surface area (Å²) in [6, 6.07) is 5.14. The molecule has 3 amide bonds. The summed E-state index contributed by atoms with van der Waals surface area (Å²) in [5.74, 6) is -0.309. The van der Waals surface area contributed by atoms with Gasteiger partial charge in [0.15, 0.2) is 0 Å². The normalized spacial score (nSPS) is 14.5. The van der Waals surface area contributed by atoms with Crippen LogP contribution in [0.15, 0.2) is 18.2 Å². The third kappa shape index (κ3) is 4.55. The lowest BCUT2D eigenvalue weighted by molar-refractivity contribution is -0.136. The van der Waals surface area contributed by atoms with Crippen LogP contribution in [0.2, 0.25) is 0 Å². The Labute approximate surface area is 136 Å². The van der Waals surface area contributed by atoms with Crippen molar-refractivity contribution in [1.29, 1.82) is 0 Å². The number of nitrogens with zero attached hydrogens (tertiary/aromatic N) is 1. The number of anilines is 1. The van der Waals surface area contributed by atoms with Crippen molar-refractivity contribution >= 4 is 23.4 Å². The number of carbonyl (C=O) groups excluding carboxylic acids is 3. The second kappa shape index (κ2) is 7.76. The molecule has 0 radical (unpaired) electrons. The zero-order valence-electron chi connectivity index (χ0n) is 13.6. The highest BCUT2D eigenvalue weighted by atomic mass is 16.2. The Kier molecular flexibility index (Phi) is 5.73. The van der Waals surface area contributed by atoms with E-state index in [-0.39, 0.29) is 24.3 Å². The van der Waals surface area contributed by atoms with Crippen LogP contribution in [0.5, 0.6) is 0 Å². The molecular weight excluding hydrogens is 294 g/mol. The van der Waals surface area contributed by atoms with Crippen molar-refractivity contribution in [3.8, 4) is 0 Å². The van der Waals surface area contributed by atoms with Gasteiger partial charge >= 0.3 is 0 Å². The largest absolute Gasteiger partial charge is 0.352 e. The van der Waals surface area contributed by atoms with Crippen molar-refractivity contribution in [2.24, 2.45) is 0 Å². The van der Waals surface area contributed by atoms with Crippen LogP contribution in [0.3, 0.4) is 0 Å². The molecule has 6 nitrogen and oxygen atoms in total. The molecule has 1 saturated heterocycles. The first-order valence-electron chi connectivity index (χ1n) is 7.97. The first kappa shape index (κ1) is 17.0. The number of benzene rings is 1. The lowest BCUT2D eigenvalue weighted by Crippen LogP contribution is -2.40. The summed E-state index contributed by atoms with van der Waals surface area (Å²) in [5, 5.41) is 5.55. The number of carbonyl (C=O) groups is 3. The number of nitrogens with one attached hydrogen (secondary N) is 2. The third-order valence-electron chi connectivity index (χ3n) is 3.86. The average molecular weight is 317 g/mol. The Morgan fingerprint density at radius 2 is 2.04 bits per heavy atom. The SMILES string of the molecule is CCNC(=O)c1ccc(NC(=O)CN2CCCCC2=O)c(C)c1. The molecule has 124 valence electrons. The van der Waals surface area contributed by atoms with Crippen molar-refractivity contribution in [2.75, 3.05) is 25.0 Å². The Morgan fingerprint density at radius 1 is 1.26 bits per heavy atom. The molecule has 0 spiro atoms. The van der Waals surface area contributed by atoms with Crippen molar-refractivity contribution in [1.82, 2.24) is 10.2 Å². The van der Waals surface area contributed by atoms with Gasteiger partial charge in [-0.15, -0.1) is 0 Å². The van der Waals surface area contributed by atoms with Gasteiger partial charge < -0.3 is 15.5 Å². The van der Waals surface area contributed by atoms with Crippen molar-refractivity contribution < 1.29 is 14.4 Å². The predicted octanol–water partition coefficient (Wildman–Crippen LogP) is 1.70. The Morgan fingerprint density at radius 3 is 2.70 bits per heavy atom. The number of amides is 3. The molecule has 0 aromatic heterocycles. The van der Waals surface area contributed by atoms with Crippen LogP contribution in [0.25, 0.3) is 0 Å². The molecule has 0 saturated carbocycles. The van der Waals surface area contributed by atoms with Crippen LogP contribution in [-0.2, 0) is 9.59 Å². The van der Waals surface area contributed by atoms with Crippen LogP contribution < -0.4 is 10.6 Å². The van der Waals surface area contributed by atoms with Gasteiger partial charge in [-0.05, 0) is 50.5 Å². The molecule has 23 heavy (non-hydrogen) atoms. The second-order valence-corrected chi connectivity index (χ2v) is 5.71. The number of hydrogen-bond acceptors (Lipinski definition) is 3. The Bertz CT molecular complexity index is 613. The molecule has 0 aliphatic carbocycles. The van der Waals surface area contributed by atoms with E-state index in [4.69, 9.17) is 0 Å². The van der Waals surface area contributed by atoms with Gasteiger partial charge in [0.05, 0.1) is 6.54 Å².